The van der Waals surface area contributed by atoms with Crippen LogP contribution in [0, 0.1) is 0 Å². The zero-order chi connectivity index (χ0) is 17.1. The average molecular weight is 341 g/mol. The van der Waals surface area contributed by atoms with Gasteiger partial charge in [0.25, 0.3) is 5.56 Å². The van der Waals surface area contributed by atoms with Crippen molar-refractivity contribution in [2.75, 3.05) is 44.3 Å². The molecule has 0 aliphatic carbocycles. The molecule has 2 aromatic rings. The standard InChI is InChI=1S/C18H23N5O2/c24-17-15-3-6-22(13-14-2-1-5-19-12-14)7-4-16(15)20-18(21-17)23-8-10-25-11-9-23/h1-2,5,12H,3-4,6-11,13H2,(H,20,21,24). The van der Waals surface area contributed by atoms with Crippen LogP contribution < -0.4 is 10.5 Å². The lowest BCUT2D eigenvalue weighted by Gasteiger charge is -2.27. The molecule has 25 heavy (non-hydrogen) atoms. The van der Waals surface area contributed by atoms with Crippen LogP contribution in [0.25, 0.3) is 0 Å². The second kappa shape index (κ2) is 7.33. The summed E-state index contributed by atoms with van der Waals surface area (Å²) in [5.74, 6) is 0.688. The predicted molar refractivity (Wildman–Crippen MR) is 94.8 cm³/mol. The SMILES string of the molecule is O=c1[nH]c(N2CCOCC2)nc2c1CCN(Cc1cccnc1)CC2. The van der Waals surface area contributed by atoms with Gasteiger partial charge in [0.1, 0.15) is 0 Å². The van der Waals surface area contributed by atoms with Crippen molar-refractivity contribution >= 4 is 5.95 Å². The molecule has 0 amide bonds. The van der Waals surface area contributed by atoms with Gasteiger partial charge in [-0.2, -0.15) is 0 Å². The number of morpholine rings is 1. The lowest BCUT2D eigenvalue weighted by molar-refractivity contribution is 0.122. The first kappa shape index (κ1) is 16.2. The van der Waals surface area contributed by atoms with Crippen molar-refractivity contribution in [3.8, 4) is 0 Å². The molecule has 4 rings (SSSR count). The lowest BCUT2D eigenvalue weighted by atomic mass is 10.1. The summed E-state index contributed by atoms with van der Waals surface area (Å²) in [5.41, 5.74) is 2.99. The number of hydrogen-bond acceptors (Lipinski definition) is 6. The van der Waals surface area contributed by atoms with Gasteiger partial charge in [0.05, 0.1) is 18.9 Å². The number of H-pyrrole nitrogens is 1. The molecule has 2 aromatic heterocycles. The van der Waals surface area contributed by atoms with E-state index in [-0.39, 0.29) is 5.56 Å². The summed E-state index contributed by atoms with van der Waals surface area (Å²) in [6.07, 6.45) is 5.23. The van der Waals surface area contributed by atoms with Crippen LogP contribution >= 0.6 is 0 Å². The van der Waals surface area contributed by atoms with Crippen LogP contribution in [0.3, 0.4) is 0 Å². The summed E-state index contributed by atoms with van der Waals surface area (Å²) in [5, 5.41) is 0. The fraction of sp³-hybridized carbons (Fsp3) is 0.500. The van der Waals surface area contributed by atoms with Gasteiger partial charge in [-0.1, -0.05) is 6.07 Å². The van der Waals surface area contributed by atoms with Crippen molar-refractivity contribution in [2.24, 2.45) is 0 Å². The molecule has 0 atom stereocenters. The van der Waals surface area contributed by atoms with Gasteiger partial charge in [-0.25, -0.2) is 4.98 Å². The third-order valence-electron chi connectivity index (χ3n) is 4.87. The van der Waals surface area contributed by atoms with E-state index in [0.29, 0.717) is 19.2 Å². The quantitative estimate of drug-likeness (QED) is 0.881. The van der Waals surface area contributed by atoms with Gasteiger partial charge in [-0.15, -0.1) is 0 Å². The number of hydrogen-bond donors (Lipinski definition) is 1. The van der Waals surface area contributed by atoms with Crippen molar-refractivity contribution in [3.05, 3.63) is 51.7 Å². The third-order valence-corrected chi connectivity index (χ3v) is 4.87. The summed E-state index contributed by atoms with van der Waals surface area (Å²) in [6.45, 7) is 5.53. The predicted octanol–water partition coefficient (Wildman–Crippen LogP) is 0.602. The Morgan fingerprint density at radius 1 is 1.16 bits per heavy atom. The van der Waals surface area contributed by atoms with E-state index in [4.69, 9.17) is 9.72 Å². The van der Waals surface area contributed by atoms with Gasteiger partial charge < -0.3 is 9.64 Å². The van der Waals surface area contributed by atoms with E-state index in [1.165, 1.54) is 5.56 Å². The molecule has 0 unspecified atom stereocenters. The van der Waals surface area contributed by atoms with E-state index in [9.17, 15) is 4.79 Å². The highest BCUT2D eigenvalue weighted by Crippen LogP contribution is 2.16. The van der Waals surface area contributed by atoms with Gasteiger partial charge in [0, 0.05) is 57.1 Å². The summed E-state index contributed by atoms with van der Waals surface area (Å²) < 4.78 is 5.38. The number of ether oxygens (including phenoxy) is 1. The Kier molecular flexibility index (Phi) is 4.76. The summed E-state index contributed by atoms with van der Waals surface area (Å²) >= 11 is 0. The number of rotatable bonds is 3. The van der Waals surface area contributed by atoms with Crippen molar-refractivity contribution in [2.45, 2.75) is 19.4 Å². The summed E-state index contributed by atoms with van der Waals surface area (Å²) in [4.78, 5) is 29.0. The largest absolute Gasteiger partial charge is 0.378 e. The highest BCUT2D eigenvalue weighted by atomic mass is 16.5. The molecule has 2 aliphatic rings. The second-order valence-electron chi connectivity index (χ2n) is 6.55. The highest BCUT2D eigenvalue weighted by molar-refractivity contribution is 5.34. The van der Waals surface area contributed by atoms with E-state index in [1.807, 2.05) is 12.3 Å². The summed E-state index contributed by atoms with van der Waals surface area (Å²) in [6, 6.07) is 4.05. The Balaban J connectivity index is 1.51. The maximum absolute atomic E-state index is 12.6. The molecule has 0 bridgehead atoms. The molecule has 4 heterocycles. The fourth-order valence-electron chi connectivity index (χ4n) is 3.47. The van der Waals surface area contributed by atoms with Crippen LogP contribution in [0.1, 0.15) is 16.8 Å². The Morgan fingerprint density at radius 2 is 2.00 bits per heavy atom. The molecule has 132 valence electrons. The van der Waals surface area contributed by atoms with Crippen LogP contribution in [-0.2, 0) is 24.1 Å². The van der Waals surface area contributed by atoms with Crippen LogP contribution in [-0.4, -0.2) is 59.2 Å². The number of nitrogens with one attached hydrogen (secondary N) is 1. The molecule has 0 spiro atoms. The first-order valence-electron chi connectivity index (χ1n) is 8.85. The molecule has 2 aliphatic heterocycles. The number of nitrogens with zero attached hydrogens (tertiary/aromatic N) is 4. The molecule has 1 fully saturated rings. The molecule has 1 saturated heterocycles. The normalized spacial score (nSPS) is 18.6. The Hall–Kier alpha value is -2.25. The Labute approximate surface area is 146 Å². The number of fused-ring (bicyclic) bond motifs is 1. The first-order chi connectivity index (χ1) is 12.3. The smallest absolute Gasteiger partial charge is 0.255 e. The van der Waals surface area contributed by atoms with Crippen LogP contribution in [0.2, 0.25) is 0 Å². The Bertz CT molecular complexity index is 771. The fourth-order valence-corrected chi connectivity index (χ4v) is 3.47. The van der Waals surface area contributed by atoms with Crippen LogP contribution in [0.4, 0.5) is 5.95 Å². The maximum atomic E-state index is 12.6. The minimum Gasteiger partial charge on any atom is -0.378 e. The zero-order valence-electron chi connectivity index (χ0n) is 14.3. The number of aromatic amines is 1. The third kappa shape index (κ3) is 3.72. The van der Waals surface area contributed by atoms with Gasteiger partial charge in [0.2, 0.25) is 5.95 Å². The number of aromatic nitrogens is 3. The van der Waals surface area contributed by atoms with Gasteiger partial charge in [-0.05, 0) is 18.1 Å². The number of pyridine rings is 1. The molecular formula is C18H23N5O2. The topological polar surface area (TPSA) is 74.3 Å². The van der Waals surface area contributed by atoms with Crippen molar-refractivity contribution in [1.82, 2.24) is 19.9 Å². The monoisotopic (exact) mass is 341 g/mol. The zero-order valence-corrected chi connectivity index (χ0v) is 14.3. The highest BCUT2D eigenvalue weighted by Gasteiger charge is 2.21. The van der Waals surface area contributed by atoms with Gasteiger partial charge in [-0.3, -0.25) is 19.7 Å². The molecular weight excluding hydrogens is 318 g/mol. The van der Waals surface area contributed by atoms with Crippen LogP contribution in [0.5, 0.6) is 0 Å². The molecule has 0 aromatic carbocycles. The van der Waals surface area contributed by atoms with Crippen molar-refractivity contribution in [3.63, 3.8) is 0 Å². The molecule has 0 saturated carbocycles. The Morgan fingerprint density at radius 3 is 2.80 bits per heavy atom. The summed E-state index contributed by atoms with van der Waals surface area (Å²) in [7, 11) is 0. The van der Waals surface area contributed by atoms with E-state index >= 15 is 0 Å². The van der Waals surface area contributed by atoms with Gasteiger partial charge >= 0.3 is 0 Å². The van der Waals surface area contributed by atoms with E-state index in [2.05, 4.69) is 25.8 Å². The van der Waals surface area contributed by atoms with Crippen molar-refractivity contribution < 1.29 is 4.74 Å². The van der Waals surface area contributed by atoms with E-state index in [0.717, 1.165) is 56.8 Å². The maximum Gasteiger partial charge on any atom is 0.255 e. The van der Waals surface area contributed by atoms with E-state index in [1.54, 1.807) is 6.20 Å². The van der Waals surface area contributed by atoms with E-state index < -0.39 is 0 Å². The van der Waals surface area contributed by atoms with Crippen molar-refractivity contribution in [1.29, 1.82) is 0 Å². The van der Waals surface area contributed by atoms with Gasteiger partial charge in [0.15, 0.2) is 0 Å². The first-order valence-corrected chi connectivity index (χ1v) is 8.85. The van der Waals surface area contributed by atoms with Crippen LogP contribution in [0.15, 0.2) is 29.3 Å². The minimum absolute atomic E-state index is 0.00900. The molecule has 7 heteroatoms. The second-order valence-corrected chi connectivity index (χ2v) is 6.55. The molecule has 0 radical (unpaired) electrons. The molecule has 1 N–H and O–H groups in total. The minimum atomic E-state index is 0.00900. The average Bonchev–Trinajstić information content (AvgIpc) is 2.86. The lowest BCUT2D eigenvalue weighted by Crippen LogP contribution is -2.38. The molecule has 7 nitrogen and oxygen atoms in total. The number of anilines is 1.